The first-order chi connectivity index (χ1) is 14.1. The van der Waals surface area contributed by atoms with E-state index in [0.717, 1.165) is 16.8 Å². The molecule has 0 radical (unpaired) electrons. The average Bonchev–Trinajstić information content (AvgIpc) is 2.75. The first kappa shape index (κ1) is 19.0. The van der Waals surface area contributed by atoms with Crippen LogP contribution in [0.15, 0.2) is 54.7 Å². The van der Waals surface area contributed by atoms with Crippen LogP contribution in [0.2, 0.25) is 0 Å². The number of amides is 2. The molecular formula is C22H23N5O2. The summed E-state index contributed by atoms with van der Waals surface area (Å²) in [5, 5.41) is 2.91. The van der Waals surface area contributed by atoms with Crippen LogP contribution in [0.1, 0.15) is 16.1 Å². The first-order valence-corrected chi connectivity index (χ1v) is 9.68. The molecule has 1 aromatic heterocycles. The zero-order valence-electron chi connectivity index (χ0n) is 16.3. The fourth-order valence-electron chi connectivity index (χ4n) is 3.37. The molecule has 1 aliphatic heterocycles. The molecule has 2 aromatic carbocycles. The minimum atomic E-state index is -0.119. The Kier molecular flexibility index (Phi) is 5.48. The number of rotatable bonds is 4. The van der Waals surface area contributed by atoms with Crippen molar-refractivity contribution in [2.45, 2.75) is 6.92 Å². The number of carbonyl (C=O) groups excluding carboxylic acids is 2. The fraction of sp³-hybridized carbons (Fsp3) is 0.273. The quantitative estimate of drug-likeness (QED) is 0.741. The van der Waals surface area contributed by atoms with Gasteiger partial charge in [0, 0.05) is 31.9 Å². The molecule has 1 saturated heterocycles. The lowest BCUT2D eigenvalue weighted by atomic mass is 10.2. The van der Waals surface area contributed by atoms with Gasteiger partial charge in [0.25, 0.3) is 5.91 Å². The molecule has 0 saturated carbocycles. The summed E-state index contributed by atoms with van der Waals surface area (Å²) in [6, 6.07) is 15.2. The van der Waals surface area contributed by atoms with Crippen LogP contribution < -0.4 is 5.32 Å². The first-order valence-electron chi connectivity index (χ1n) is 9.68. The van der Waals surface area contributed by atoms with Crippen molar-refractivity contribution in [1.82, 2.24) is 19.8 Å². The number of nitrogens with zero attached hydrogens (tertiary/aromatic N) is 4. The van der Waals surface area contributed by atoms with Gasteiger partial charge in [-0.05, 0) is 31.2 Å². The van der Waals surface area contributed by atoms with Gasteiger partial charge in [0.05, 0.1) is 23.8 Å². The summed E-state index contributed by atoms with van der Waals surface area (Å²) in [6.45, 7) is 4.74. The number of aryl methyl sites for hydroxylation is 1. The van der Waals surface area contributed by atoms with Gasteiger partial charge in [-0.1, -0.05) is 29.8 Å². The highest BCUT2D eigenvalue weighted by Gasteiger charge is 2.24. The van der Waals surface area contributed by atoms with Gasteiger partial charge in [-0.25, -0.2) is 4.98 Å². The maximum atomic E-state index is 12.8. The number of piperazine rings is 1. The van der Waals surface area contributed by atoms with Crippen LogP contribution in [-0.2, 0) is 4.79 Å². The lowest BCUT2D eigenvalue weighted by Gasteiger charge is -2.34. The monoisotopic (exact) mass is 389 g/mol. The summed E-state index contributed by atoms with van der Waals surface area (Å²) in [4.78, 5) is 37.6. The van der Waals surface area contributed by atoms with Crippen LogP contribution >= 0.6 is 0 Å². The molecule has 1 N–H and O–H groups in total. The number of fused-ring (bicyclic) bond motifs is 1. The Morgan fingerprint density at radius 3 is 2.38 bits per heavy atom. The number of aromatic nitrogens is 2. The van der Waals surface area contributed by atoms with Crippen molar-refractivity contribution in [2.24, 2.45) is 0 Å². The molecule has 4 rings (SSSR count). The molecule has 0 aliphatic carbocycles. The van der Waals surface area contributed by atoms with Crippen molar-refractivity contribution in [3.8, 4) is 0 Å². The van der Waals surface area contributed by atoms with E-state index in [1.165, 1.54) is 6.20 Å². The lowest BCUT2D eigenvalue weighted by Crippen LogP contribution is -2.50. The van der Waals surface area contributed by atoms with Gasteiger partial charge in [-0.3, -0.25) is 19.5 Å². The third kappa shape index (κ3) is 4.57. The van der Waals surface area contributed by atoms with E-state index in [2.05, 4.69) is 20.2 Å². The van der Waals surface area contributed by atoms with E-state index >= 15 is 0 Å². The minimum absolute atomic E-state index is 0.0472. The van der Waals surface area contributed by atoms with E-state index < -0.39 is 0 Å². The van der Waals surface area contributed by atoms with Gasteiger partial charge < -0.3 is 10.2 Å². The molecule has 3 aromatic rings. The summed E-state index contributed by atoms with van der Waals surface area (Å²) < 4.78 is 0. The van der Waals surface area contributed by atoms with Crippen LogP contribution in [0, 0.1) is 6.92 Å². The predicted octanol–water partition coefficient (Wildman–Crippen LogP) is 2.33. The van der Waals surface area contributed by atoms with E-state index in [4.69, 9.17) is 0 Å². The van der Waals surface area contributed by atoms with E-state index in [0.29, 0.717) is 43.9 Å². The second kappa shape index (κ2) is 8.36. The third-order valence-electron chi connectivity index (χ3n) is 5.03. The van der Waals surface area contributed by atoms with Gasteiger partial charge in [0.1, 0.15) is 5.69 Å². The highest BCUT2D eigenvalue weighted by molar-refractivity contribution is 5.94. The topological polar surface area (TPSA) is 78.4 Å². The van der Waals surface area contributed by atoms with Crippen LogP contribution in [-0.4, -0.2) is 64.3 Å². The molecule has 0 spiro atoms. The third-order valence-corrected chi connectivity index (χ3v) is 5.03. The Balaban J connectivity index is 1.30. The Hall–Kier alpha value is -3.32. The summed E-state index contributed by atoms with van der Waals surface area (Å²) >= 11 is 0. The number of anilines is 1. The largest absolute Gasteiger partial charge is 0.335 e. The van der Waals surface area contributed by atoms with Gasteiger partial charge >= 0.3 is 0 Å². The molecule has 2 heterocycles. The van der Waals surface area contributed by atoms with Crippen molar-refractivity contribution in [3.05, 3.63) is 66.0 Å². The second-order valence-corrected chi connectivity index (χ2v) is 7.23. The SMILES string of the molecule is Cc1ccc(NC(=O)CN2CCN(C(=O)c3cnc4ccccc4n3)CC2)cc1. The highest BCUT2D eigenvalue weighted by Crippen LogP contribution is 2.12. The fourth-order valence-corrected chi connectivity index (χ4v) is 3.37. The van der Waals surface area contributed by atoms with E-state index in [9.17, 15) is 9.59 Å². The van der Waals surface area contributed by atoms with Crippen LogP contribution in [0.3, 0.4) is 0 Å². The minimum Gasteiger partial charge on any atom is -0.335 e. The van der Waals surface area contributed by atoms with Crippen LogP contribution in [0.5, 0.6) is 0 Å². The maximum absolute atomic E-state index is 12.8. The summed E-state index contributed by atoms with van der Waals surface area (Å²) in [5.41, 5.74) is 3.79. The molecule has 0 unspecified atom stereocenters. The Labute approximate surface area is 169 Å². The number of nitrogens with one attached hydrogen (secondary N) is 1. The number of hydrogen-bond donors (Lipinski definition) is 1. The summed E-state index contributed by atoms with van der Waals surface area (Å²) in [6.07, 6.45) is 1.53. The molecule has 29 heavy (non-hydrogen) atoms. The van der Waals surface area contributed by atoms with Crippen molar-refractivity contribution in [1.29, 1.82) is 0 Å². The molecule has 148 valence electrons. The lowest BCUT2D eigenvalue weighted by molar-refractivity contribution is -0.117. The van der Waals surface area contributed by atoms with E-state index in [-0.39, 0.29) is 11.8 Å². The molecule has 1 fully saturated rings. The number of carbonyl (C=O) groups is 2. The standard InChI is InChI=1S/C22H23N5O2/c1-16-6-8-17(9-7-16)24-21(28)15-26-10-12-27(13-11-26)22(29)20-14-23-18-4-2-3-5-19(18)25-20/h2-9,14H,10-13,15H2,1H3,(H,24,28). The molecule has 1 aliphatic rings. The second-order valence-electron chi connectivity index (χ2n) is 7.23. The summed E-state index contributed by atoms with van der Waals surface area (Å²) in [7, 11) is 0. The molecule has 7 heteroatoms. The zero-order chi connectivity index (χ0) is 20.2. The van der Waals surface area contributed by atoms with Gasteiger partial charge in [0.2, 0.25) is 5.91 Å². The van der Waals surface area contributed by atoms with E-state index in [1.54, 1.807) is 4.90 Å². The smallest absolute Gasteiger partial charge is 0.274 e. The molecule has 0 atom stereocenters. The normalized spacial score (nSPS) is 14.7. The number of hydrogen-bond acceptors (Lipinski definition) is 5. The van der Waals surface area contributed by atoms with Crippen molar-refractivity contribution < 1.29 is 9.59 Å². The molecule has 0 bridgehead atoms. The maximum Gasteiger partial charge on any atom is 0.274 e. The summed E-state index contributed by atoms with van der Waals surface area (Å²) in [5.74, 6) is -0.166. The molecular weight excluding hydrogens is 366 g/mol. The van der Waals surface area contributed by atoms with E-state index in [1.807, 2.05) is 55.5 Å². The molecule has 2 amide bonds. The van der Waals surface area contributed by atoms with Crippen molar-refractivity contribution in [2.75, 3.05) is 38.0 Å². The van der Waals surface area contributed by atoms with Crippen LogP contribution in [0.4, 0.5) is 5.69 Å². The average molecular weight is 389 g/mol. The van der Waals surface area contributed by atoms with Gasteiger partial charge in [-0.15, -0.1) is 0 Å². The Morgan fingerprint density at radius 2 is 1.66 bits per heavy atom. The zero-order valence-corrected chi connectivity index (χ0v) is 16.3. The van der Waals surface area contributed by atoms with Crippen LogP contribution in [0.25, 0.3) is 11.0 Å². The Bertz CT molecular complexity index is 1030. The predicted molar refractivity (Wildman–Crippen MR) is 112 cm³/mol. The van der Waals surface area contributed by atoms with Crippen molar-refractivity contribution >= 4 is 28.5 Å². The number of para-hydroxylation sites is 2. The highest BCUT2D eigenvalue weighted by atomic mass is 16.2. The van der Waals surface area contributed by atoms with Gasteiger partial charge in [-0.2, -0.15) is 0 Å². The van der Waals surface area contributed by atoms with Gasteiger partial charge in [0.15, 0.2) is 0 Å². The van der Waals surface area contributed by atoms with Crippen molar-refractivity contribution in [3.63, 3.8) is 0 Å². The number of benzene rings is 2. The Morgan fingerprint density at radius 1 is 0.966 bits per heavy atom. The molecule has 7 nitrogen and oxygen atoms in total.